The Morgan fingerprint density at radius 1 is 1.33 bits per heavy atom. The molecule has 1 heterocycles. The van der Waals surface area contributed by atoms with Crippen molar-refractivity contribution in [2.24, 2.45) is 0 Å². The summed E-state index contributed by atoms with van der Waals surface area (Å²) in [7, 11) is 0. The molecule has 0 atom stereocenters. The van der Waals surface area contributed by atoms with Crippen LogP contribution in [0.3, 0.4) is 0 Å². The molecular formula is C16H17BrN2O3S2. The number of hydrogen-bond donors (Lipinski definition) is 1. The highest BCUT2D eigenvalue weighted by atomic mass is 79.9. The maximum atomic E-state index is 11.9. The number of ether oxygens (including phenoxy) is 1. The zero-order chi connectivity index (χ0) is 17.4. The number of anilines is 1. The van der Waals surface area contributed by atoms with Gasteiger partial charge in [-0.15, -0.1) is 23.1 Å². The Morgan fingerprint density at radius 3 is 2.79 bits per heavy atom. The molecule has 0 fully saturated rings. The molecule has 1 amide bonds. The fourth-order valence-electron chi connectivity index (χ4n) is 1.78. The molecule has 0 aliphatic rings. The summed E-state index contributed by atoms with van der Waals surface area (Å²) in [6.07, 6.45) is 0.521. The second-order valence-corrected chi connectivity index (χ2v) is 7.67. The van der Waals surface area contributed by atoms with Crippen LogP contribution in [0.5, 0.6) is 0 Å². The van der Waals surface area contributed by atoms with Crippen molar-refractivity contribution in [2.45, 2.75) is 24.7 Å². The first-order valence-electron chi connectivity index (χ1n) is 7.35. The third-order valence-electron chi connectivity index (χ3n) is 2.84. The number of thiazole rings is 1. The van der Waals surface area contributed by atoms with Crippen molar-refractivity contribution in [3.8, 4) is 0 Å². The standard InChI is InChI=1S/C16H17BrN2O3S2/c1-2-22-15(21)9-12-10-24-16(18-12)19-14(20)7-8-23-13-5-3-11(17)4-6-13/h3-6,10H,2,7-9H2,1H3,(H,18,19,20). The summed E-state index contributed by atoms with van der Waals surface area (Å²) in [4.78, 5) is 28.7. The zero-order valence-electron chi connectivity index (χ0n) is 13.1. The van der Waals surface area contributed by atoms with Crippen molar-refractivity contribution in [1.82, 2.24) is 4.98 Å². The number of benzene rings is 1. The number of aromatic nitrogens is 1. The number of carbonyl (C=O) groups excluding carboxylic acids is 2. The van der Waals surface area contributed by atoms with Gasteiger partial charge in [0.05, 0.1) is 18.7 Å². The van der Waals surface area contributed by atoms with Gasteiger partial charge in [-0.3, -0.25) is 9.59 Å². The fourth-order valence-corrected chi connectivity index (χ4v) is 3.62. The maximum absolute atomic E-state index is 11.9. The maximum Gasteiger partial charge on any atom is 0.311 e. The van der Waals surface area contributed by atoms with E-state index >= 15 is 0 Å². The fraction of sp³-hybridized carbons (Fsp3) is 0.312. The second kappa shape index (κ2) is 9.80. The third kappa shape index (κ3) is 6.62. The lowest BCUT2D eigenvalue weighted by Crippen LogP contribution is -2.12. The summed E-state index contributed by atoms with van der Waals surface area (Å²) in [6, 6.07) is 7.97. The van der Waals surface area contributed by atoms with Gasteiger partial charge >= 0.3 is 5.97 Å². The summed E-state index contributed by atoms with van der Waals surface area (Å²) in [5.74, 6) is 0.289. The SMILES string of the molecule is CCOC(=O)Cc1csc(NC(=O)CCSc2ccc(Br)cc2)n1. The smallest absolute Gasteiger partial charge is 0.311 e. The number of nitrogens with one attached hydrogen (secondary N) is 1. The average molecular weight is 429 g/mol. The van der Waals surface area contributed by atoms with E-state index < -0.39 is 0 Å². The molecular weight excluding hydrogens is 412 g/mol. The Labute approximate surface area is 157 Å². The van der Waals surface area contributed by atoms with Gasteiger partial charge in [0.1, 0.15) is 0 Å². The molecule has 5 nitrogen and oxygen atoms in total. The lowest BCUT2D eigenvalue weighted by molar-refractivity contribution is -0.142. The number of amides is 1. The predicted molar refractivity (Wildman–Crippen MR) is 101 cm³/mol. The number of nitrogens with zero attached hydrogens (tertiary/aromatic N) is 1. The minimum absolute atomic E-state index is 0.0864. The first kappa shape index (κ1) is 19.0. The van der Waals surface area contributed by atoms with Crippen molar-refractivity contribution >= 4 is 56.0 Å². The minimum atomic E-state index is -0.313. The molecule has 0 saturated carbocycles. The van der Waals surface area contributed by atoms with Crippen molar-refractivity contribution in [3.63, 3.8) is 0 Å². The third-order valence-corrected chi connectivity index (χ3v) is 5.19. The molecule has 8 heteroatoms. The van der Waals surface area contributed by atoms with Crippen molar-refractivity contribution in [2.75, 3.05) is 17.7 Å². The van der Waals surface area contributed by atoms with E-state index in [1.165, 1.54) is 11.3 Å². The van der Waals surface area contributed by atoms with E-state index in [9.17, 15) is 9.59 Å². The summed E-state index contributed by atoms with van der Waals surface area (Å²) in [5, 5.41) is 5.02. The molecule has 0 unspecified atom stereocenters. The summed E-state index contributed by atoms with van der Waals surface area (Å²) in [6.45, 7) is 2.11. The molecule has 2 aromatic rings. The lowest BCUT2D eigenvalue weighted by atomic mass is 10.3. The molecule has 1 aromatic heterocycles. The Kier molecular flexibility index (Phi) is 7.74. The highest BCUT2D eigenvalue weighted by Gasteiger charge is 2.10. The molecule has 0 spiro atoms. The summed E-state index contributed by atoms with van der Waals surface area (Å²) < 4.78 is 5.91. The number of thioether (sulfide) groups is 1. The van der Waals surface area contributed by atoms with E-state index in [2.05, 4.69) is 26.2 Å². The van der Waals surface area contributed by atoms with Gasteiger partial charge in [-0.2, -0.15) is 0 Å². The van der Waals surface area contributed by atoms with Crippen LogP contribution in [0.1, 0.15) is 19.0 Å². The number of carbonyl (C=O) groups is 2. The Balaban J connectivity index is 1.73. The van der Waals surface area contributed by atoms with E-state index in [0.717, 1.165) is 9.37 Å². The first-order chi connectivity index (χ1) is 11.6. The minimum Gasteiger partial charge on any atom is -0.466 e. The average Bonchev–Trinajstić information content (AvgIpc) is 2.96. The van der Waals surface area contributed by atoms with Crippen LogP contribution < -0.4 is 5.32 Å². The second-order valence-electron chi connectivity index (χ2n) is 4.73. The Bertz CT molecular complexity index is 689. The molecule has 1 aromatic carbocycles. The molecule has 2 rings (SSSR count). The molecule has 0 aliphatic carbocycles. The van der Waals surface area contributed by atoms with Crippen molar-refractivity contribution < 1.29 is 14.3 Å². The van der Waals surface area contributed by atoms with Crippen LogP contribution in [-0.4, -0.2) is 29.2 Å². The van der Waals surface area contributed by atoms with Crippen molar-refractivity contribution in [3.05, 3.63) is 39.8 Å². The first-order valence-corrected chi connectivity index (χ1v) is 10.0. The van der Waals surface area contributed by atoms with E-state index in [1.54, 1.807) is 24.1 Å². The van der Waals surface area contributed by atoms with Crippen LogP contribution in [0, 0.1) is 0 Å². The number of rotatable bonds is 8. The van der Waals surface area contributed by atoms with Gasteiger partial charge in [-0.05, 0) is 31.2 Å². The molecule has 0 bridgehead atoms. The Morgan fingerprint density at radius 2 is 2.08 bits per heavy atom. The predicted octanol–water partition coefficient (Wildman–Crippen LogP) is 4.13. The van der Waals surface area contributed by atoms with E-state index in [-0.39, 0.29) is 18.3 Å². The zero-order valence-corrected chi connectivity index (χ0v) is 16.3. The molecule has 128 valence electrons. The van der Waals surface area contributed by atoms with Gasteiger partial charge in [0, 0.05) is 26.9 Å². The summed E-state index contributed by atoms with van der Waals surface area (Å²) >= 11 is 6.32. The highest BCUT2D eigenvalue weighted by Crippen LogP contribution is 2.22. The topological polar surface area (TPSA) is 68.3 Å². The number of hydrogen-bond acceptors (Lipinski definition) is 6. The summed E-state index contributed by atoms with van der Waals surface area (Å²) in [5.41, 5.74) is 0.609. The van der Waals surface area contributed by atoms with Gasteiger partial charge in [0.25, 0.3) is 0 Å². The van der Waals surface area contributed by atoms with Gasteiger partial charge in [0.2, 0.25) is 5.91 Å². The van der Waals surface area contributed by atoms with Gasteiger partial charge in [-0.1, -0.05) is 15.9 Å². The molecule has 0 radical (unpaired) electrons. The Hall–Kier alpha value is -1.38. The monoisotopic (exact) mass is 428 g/mol. The van der Waals surface area contributed by atoms with Crippen LogP contribution in [-0.2, 0) is 20.7 Å². The molecule has 24 heavy (non-hydrogen) atoms. The van der Waals surface area contributed by atoms with Crippen LogP contribution in [0.25, 0.3) is 0 Å². The lowest BCUT2D eigenvalue weighted by Gasteiger charge is -2.03. The van der Waals surface area contributed by atoms with Crippen LogP contribution in [0.4, 0.5) is 5.13 Å². The quantitative estimate of drug-likeness (QED) is 0.505. The molecule has 1 N–H and O–H groups in total. The number of esters is 1. The van der Waals surface area contributed by atoms with Gasteiger partial charge < -0.3 is 10.1 Å². The van der Waals surface area contributed by atoms with Crippen molar-refractivity contribution in [1.29, 1.82) is 0 Å². The van der Waals surface area contributed by atoms with Gasteiger partial charge in [0.15, 0.2) is 5.13 Å². The van der Waals surface area contributed by atoms with E-state index in [4.69, 9.17) is 4.74 Å². The van der Waals surface area contributed by atoms with Gasteiger partial charge in [-0.25, -0.2) is 4.98 Å². The van der Waals surface area contributed by atoms with E-state index in [0.29, 0.717) is 29.6 Å². The van der Waals surface area contributed by atoms with Crippen LogP contribution in [0.15, 0.2) is 39.0 Å². The normalized spacial score (nSPS) is 10.4. The number of halogens is 1. The highest BCUT2D eigenvalue weighted by molar-refractivity contribution is 9.10. The largest absolute Gasteiger partial charge is 0.466 e. The molecule has 0 aliphatic heterocycles. The van der Waals surface area contributed by atoms with E-state index in [1.807, 2.05) is 24.3 Å². The van der Waals surface area contributed by atoms with Crippen LogP contribution in [0.2, 0.25) is 0 Å². The van der Waals surface area contributed by atoms with Crippen LogP contribution >= 0.6 is 39.0 Å². The molecule has 0 saturated heterocycles.